The summed E-state index contributed by atoms with van der Waals surface area (Å²) in [6, 6.07) is 0.776. The van der Waals surface area contributed by atoms with Crippen molar-refractivity contribution >= 4 is 28.9 Å². The molecule has 0 atom stereocenters. The van der Waals surface area contributed by atoms with Crippen LogP contribution in [0.4, 0.5) is 14.5 Å². The molecule has 0 aliphatic heterocycles. The molecule has 0 radical (unpaired) electrons. The van der Waals surface area contributed by atoms with Crippen LogP contribution < -0.4 is 5.73 Å². The van der Waals surface area contributed by atoms with Crippen molar-refractivity contribution in [2.75, 3.05) is 5.73 Å². The number of benzene rings is 1. The Morgan fingerprint density at radius 3 is 2.36 bits per heavy atom. The molecule has 0 saturated heterocycles. The Hall–Kier alpha value is -0.540. The molecule has 1 aromatic carbocycles. The van der Waals surface area contributed by atoms with Gasteiger partial charge in [-0.05, 0) is 6.07 Å². The fraction of sp³-hybridized carbons (Fsp3) is 0. The van der Waals surface area contributed by atoms with E-state index in [4.69, 9.17) is 28.9 Å². The summed E-state index contributed by atoms with van der Waals surface area (Å²) in [7, 11) is 0. The van der Waals surface area contributed by atoms with Gasteiger partial charge in [-0.1, -0.05) is 23.2 Å². The molecule has 0 heterocycles. The lowest BCUT2D eigenvalue weighted by Gasteiger charge is -2.01. The van der Waals surface area contributed by atoms with Crippen molar-refractivity contribution in [1.29, 1.82) is 0 Å². The Morgan fingerprint density at radius 1 is 1.27 bits per heavy atom. The fourth-order valence-corrected chi connectivity index (χ4v) is 1.01. The van der Waals surface area contributed by atoms with Crippen LogP contribution in [0.15, 0.2) is 6.07 Å². The summed E-state index contributed by atoms with van der Waals surface area (Å²) in [4.78, 5) is 0. The first-order chi connectivity index (χ1) is 5.04. The van der Waals surface area contributed by atoms with Crippen molar-refractivity contribution in [2.45, 2.75) is 0 Å². The number of nitrogen functional groups attached to an aromatic ring is 1. The smallest absolute Gasteiger partial charge is 0.179 e. The number of hydrogen-bond acceptors (Lipinski definition) is 1. The first kappa shape index (κ1) is 8.56. The summed E-state index contributed by atoms with van der Waals surface area (Å²) >= 11 is 10.6. The third-order valence-electron chi connectivity index (χ3n) is 1.15. The van der Waals surface area contributed by atoms with Gasteiger partial charge < -0.3 is 5.73 Å². The monoisotopic (exact) mass is 197 g/mol. The largest absolute Gasteiger partial charge is 0.396 e. The lowest BCUT2D eigenvalue weighted by Crippen LogP contribution is -1.94. The first-order valence-corrected chi connectivity index (χ1v) is 3.38. The first-order valence-electron chi connectivity index (χ1n) is 2.62. The minimum Gasteiger partial charge on any atom is -0.396 e. The zero-order chi connectivity index (χ0) is 8.59. The topological polar surface area (TPSA) is 26.0 Å². The maximum Gasteiger partial charge on any atom is 0.179 e. The molecule has 1 rings (SSSR count). The molecule has 0 saturated carbocycles. The lowest BCUT2D eigenvalue weighted by molar-refractivity contribution is 0.509. The van der Waals surface area contributed by atoms with Crippen molar-refractivity contribution in [3.63, 3.8) is 0 Å². The molecule has 1 aromatic rings. The third kappa shape index (κ3) is 1.39. The highest BCUT2D eigenvalue weighted by Gasteiger charge is 2.12. The van der Waals surface area contributed by atoms with E-state index in [1.807, 2.05) is 0 Å². The number of anilines is 1. The fourth-order valence-electron chi connectivity index (χ4n) is 0.580. The minimum absolute atomic E-state index is 0.0890. The SMILES string of the molecule is Nc1c(Cl)cc(F)c(F)c1Cl. The number of rotatable bonds is 0. The van der Waals surface area contributed by atoms with Crippen LogP contribution in [0.1, 0.15) is 0 Å². The van der Waals surface area contributed by atoms with E-state index in [0.29, 0.717) is 0 Å². The molecule has 0 aliphatic rings. The molecule has 11 heavy (non-hydrogen) atoms. The van der Waals surface area contributed by atoms with Crippen LogP contribution in [0.2, 0.25) is 10.0 Å². The van der Waals surface area contributed by atoms with Gasteiger partial charge in [0.1, 0.15) is 5.02 Å². The number of halogens is 4. The highest BCUT2D eigenvalue weighted by molar-refractivity contribution is 6.38. The second-order valence-electron chi connectivity index (χ2n) is 1.88. The van der Waals surface area contributed by atoms with Gasteiger partial charge >= 0.3 is 0 Å². The zero-order valence-corrected chi connectivity index (χ0v) is 6.68. The Labute approximate surface area is 71.7 Å². The van der Waals surface area contributed by atoms with Gasteiger partial charge in [0.2, 0.25) is 0 Å². The van der Waals surface area contributed by atoms with Crippen LogP contribution in [0.3, 0.4) is 0 Å². The van der Waals surface area contributed by atoms with Crippen molar-refractivity contribution in [1.82, 2.24) is 0 Å². The van der Waals surface area contributed by atoms with E-state index in [0.717, 1.165) is 6.07 Å². The summed E-state index contributed by atoms with van der Waals surface area (Å²) in [6.07, 6.45) is 0. The Kier molecular flexibility index (Phi) is 2.20. The van der Waals surface area contributed by atoms with Crippen LogP contribution in [0.25, 0.3) is 0 Å². The summed E-state index contributed by atoms with van der Waals surface area (Å²) < 4.78 is 24.9. The molecule has 0 aliphatic carbocycles. The van der Waals surface area contributed by atoms with Crippen LogP contribution >= 0.6 is 23.2 Å². The van der Waals surface area contributed by atoms with E-state index < -0.39 is 16.7 Å². The van der Waals surface area contributed by atoms with E-state index in [1.54, 1.807) is 0 Å². The summed E-state index contributed by atoms with van der Waals surface area (Å²) in [6.45, 7) is 0. The number of hydrogen-bond donors (Lipinski definition) is 1. The minimum atomic E-state index is -1.17. The predicted octanol–water partition coefficient (Wildman–Crippen LogP) is 2.85. The van der Waals surface area contributed by atoms with Crippen LogP contribution in [0, 0.1) is 11.6 Å². The molecule has 0 aromatic heterocycles. The van der Waals surface area contributed by atoms with Gasteiger partial charge in [-0.25, -0.2) is 8.78 Å². The zero-order valence-electron chi connectivity index (χ0n) is 5.17. The van der Waals surface area contributed by atoms with Crippen molar-refractivity contribution in [3.05, 3.63) is 27.7 Å². The van der Waals surface area contributed by atoms with Crippen LogP contribution in [-0.4, -0.2) is 0 Å². The highest BCUT2D eigenvalue weighted by Crippen LogP contribution is 2.31. The van der Waals surface area contributed by atoms with Crippen molar-refractivity contribution < 1.29 is 8.78 Å². The van der Waals surface area contributed by atoms with E-state index in [1.165, 1.54) is 0 Å². The van der Waals surface area contributed by atoms with Gasteiger partial charge in [0.05, 0.1) is 10.7 Å². The van der Waals surface area contributed by atoms with E-state index in [9.17, 15) is 8.78 Å². The van der Waals surface area contributed by atoms with Crippen molar-refractivity contribution in [2.24, 2.45) is 0 Å². The second kappa shape index (κ2) is 2.83. The molecule has 0 spiro atoms. The molecule has 2 N–H and O–H groups in total. The quantitative estimate of drug-likeness (QED) is 0.387. The Balaban J connectivity index is 3.46. The van der Waals surface area contributed by atoms with Crippen molar-refractivity contribution in [3.8, 4) is 0 Å². The Bertz CT molecular complexity index is 275. The molecule has 0 fully saturated rings. The maximum atomic E-state index is 12.5. The molecule has 0 bridgehead atoms. The highest BCUT2D eigenvalue weighted by atomic mass is 35.5. The molecule has 1 nitrogen and oxygen atoms in total. The van der Waals surface area contributed by atoms with Crippen LogP contribution in [-0.2, 0) is 0 Å². The average molecular weight is 198 g/mol. The average Bonchev–Trinajstić information content (AvgIpc) is 1.97. The van der Waals surface area contributed by atoms with E-state index in [2.05, 4.69) is 0 Å². The van der Waals surface area contributed by atoms with Gasteiger partial charge in [-0.15, -0.1) is 0 Å². The normalized spacial score (nSPS) is 10.2. The molecular formula is C6H3Cl2F2N. The third-order valence-corrected chi connectivity index (χ3v) is 1.83. The maximum absolute atomic E-state index is 12.5. The van der Waals surface area contributed by atoms with Gasteiger partial charge in [-0.2, -0.15) is 0 Å². The van der Waals surface area contributed by atoms with E-state index >= 15 is 0 Å². The van der Waals surface area contributed by atoms with Gasteiger partial charge in [0.15, 0.2) is 11.6 Å². The van der Waals surface area contributed by atoms with Gasteiger partial charge in [0.25, 0.3) is 0 Å². The Morgan fingerprint density at radius 2 is 1.82 bits per heavy atom. The van der Waals surface area contributed by atoms with Crippen LogP contribution in [0.5, 0.6) is 0 Å². The molecule has 0 amide bonds. The van der Waals surface area contributed by atoms with Gasteiger partial charge in [-0.3, -0.25) is 0 Å². The molecule has 0 unspecified atom stereocenters. The standard InChI is InChI=1S/C6H3Cl2F2N/c7-2-1-3(9)5(10)4(8)6(2)11/h1H,11H2. The van der Waals surface area contributed by atoms with Gasteiger partial charge in [0, 0.05) is 0 Å². The summed E-state index contributed by atoms with van der Waals surface area (Å²) in [5.41, 5.74) is 5.03. The predicted molar refractivity (Wildman–Crippen MR) is 40.8 cm³/mol. The lowest BCUT2D eigenvalue weighted by atomic mass is 10.3. The number of nitrogens with two attached hydrogens (primary N) is 1. The molecular weight excluding hydrogens is 195 g/mol. The summed E-state index contributed by atoms with van der Waals surface area (Å²) in [5, 5.41) is -0.566. The molecule has 5 heteroatoms. The molecule has 60 valence electrons. The second-order valence-corrected chi connectivity index (χ2v) is 2.67. The van der Waals surface area contributed by atoms with E-state index in [-0.39, 0.29) is 10.7 Å². The summed E-state index contributed by atoms with van der Waals surface area (Å²) in [5.74, 6) is -2.28.